The lowest BCUT2D eigenvalue weighted by atomic mass is 9.78. The second-order valence-corrected chi connectivity index (χ2v) is 6.01. The topological polar surface area (TPSA) is 49.4 Å². The molecule has 0 radical (unpaired) electrons. The standard InChI is InChI=1S/C15H23ClN2O2/c1-2-7-12-13(19)17-15(8-4-3-5-9-15)14(20)18(12)11-6-10-16/h6,10,12H,2-5,7-9,11H2,1H3,(H,17,19)/b10-6+. The zero-order valence-corrected chi connectivity index (χ0v) is 12.8. The summed E-state index contributed by atoms with van der Waals surface area (Å²) in [5.41, 5.74) is 0.760. The Labute approximate surface area is 125 Å². The van der Waals surface area contributed by atoms with Gasteiger partial charge >= 0.3 is 0 Å². The van der Waals surface area contributed by atoms with Crippen LogP contribution in [0.3, 0.4) is 0 Å². The molecular weight excluding hydrogens is 276 g/mol. The maximum Gasteiger partial charge on any atom is 0.249 e. The van der Waals surface area contributed by atoms with Gasteiger partial charge in [0.1, 0.15) is 11.6 Å². The highest BCUT2D eigenvalue weighted by Gasteiger charge is 2.50. The highest BCUT2D eigenvalue weighted by Crippen LogP contribution is 2.34. The van der Waals surface area contributed by atoms with Crippen LogP contribution in [-0.4, -0.2) is 34.8 Å². The molecule has 2 rings (SSSR count). The Hall–Kier alpha value is -1.03. The number of halogens is 1. The number of rotatable bonds is 4. The molecule has 0 aromatic rings. The van der Waals surface area contributed by atoms with Crippen LogP contribution < -0.4 is 5.32 Å². The molecule has 0 aromatic heterocycles. The summed E-state index contributed by atoms with van der Waals surface area (Å²) in [6.07, 6.45) is 7.98. The molecular formula is C15H23ClN2O2. The number of amides is 2. The number of nitrogens with zero attached hydrogens (tertiary/aromatic N) is 1. The number of hydrogen-bond donors (Lipinski definition) is 1. The van der Waals surface area contributed by atoms with E-state index in [0.29, 0.717) is 13.0 Å². The van der Waals surface area contributed by atoms with E-state index in [4.69, 9.17) is 11.6 Å². The van der Waals surface area contributed by atoms with Crippen molar-refractivity contribution in [2.45, 2.75) is 63.5 Å². The van der Waals surface area contributed by atoms with Crippen LogP contribution >= 0.6 is 11.6 Å². The summed E-state index contributed by atoms with van der Waals surface area (Å²) >= 11 is 5.59. The van der Waals surface area contributed by atoms with Gasteiger partial charge in [0.25, 0.3) is 0 Å². The molecule has 2 aliphatic rings. The Balaban J connectivity index is 2.25. The third-order valence-corrected chi connectivity index (χ3v) is 4.55. The molecule has 1 aliphatic heterocycles. The molecule has 4 nitrogen and oxygen atoms in total. The average molecular weight is 299 g/mol. The Morgan fingerprint density at radius 2 is 2.05 bits per heavy atom. The van der Waals surface area contributed by atoms with Crippen LogP contribution in [0.4, 0.5) is 0 Å². The summed E-state index contributed by atoms with van der Waals surface area (Å²) < 4.78 is 0. The minimum atomic E-state index is -0.653. The van der Waals surface area contributed by atoms with Crippen LogP contribution in [0.2, 0.25) is 0 Å². The Bertz CT molecular complexity index is 403. The quantitative estimate of drug-likeness (QED) is 0.867. The van der Waals surface area contributed by atoms with Crippen LogP contribution in [0.15, 0.2) is 11.6 Å². The van der Waals surface area contributed by atoms with E-state index >= 15 is 0 Å². The van der Waals surface area contributed by atoms with Crippen LogP contribution in [0.5, 0.6) is 0 Å². The van der Waals surface area contributed by atoms with E-state index in [2.05, 4.69) is 5.32 Å². The van der Waals surface area contributed by atoms with Crippen molar-refractivity contribution in [2.75, 3.05) is 6.54 Å². The number of carbonyl (C=O) groups is 2. The van der Waals surface area contributed by atoms with Gasteiger partial charge in [0.15, 0.2) is 0 Å². The third kappa shape index (κ3) is 2.85. The van der Waals surface area contributed by atoms with Gasteiger partial charge in [0.05, 0.1) is 0 Å². The van der Waals surface area contributed by atoms with Gasteiger partial charge < -0.3 is 10.2 Å². The molecule has 0 aromatic carbocycles. The van der Waals surface area contributed by atoms with E-state index in [1.807, 2.05) is 6.92 Å². The second kappa shape index (κ2) is 6.61. The van der Waals surface area contributed by atoms with Crippen molar-refractivity contribution in [1.82, 2.24) is 10.2 Å². The summed E-state index contributed by atoms with van der Waals surface area (Å²) in [5, 5.41) is 3.04. The third-order valence-electron chi connectivity index (χ3n) is 4.37. The first-order valence-electron chi connectivity index (χ1n) is 7.53. The second-order valence-electron chi connectivity index (χ2n) is 5.76. The van der Waals surface area contributed by atoms with E-state index in [-0.39, 0.29) is 17.9 Å². The van der Waals surface area contributed by atoms with Gasteiger partial charge in [-0.1, -0.05) is 50.3 Å². The van der Waals surface area contributed by atoms with Crippen molar-refractivity contribution in [3.8, 4) is 0 Å². The van der Waals surface area contributed by atoms with Crippen molar-refractivity contribution in [1.29, 1.82) is 0 Å². The predicted octanol–water partition coefficient (Wildman–Crippen LogP) is 2.57. The summed E-state index contributed by atoms with van der Waals surface area (Å²) in [6, 6.07) is -0.354. The molecule has 1 atom stereocenters. The van der Waals surface area contributed by atoms with Crippen LogP contribution in [0.25, 0.3) is 0 Å². The first-order chi connectivity index (χ1) is 9.64. The summed E-state index contributed by atoms with van der Waals surface area (Å²) in [7, 11) is 0. The lowest BCUT2D eigenvalue weighted by molar-refractivity contribution is -0.156. The Morgan fingerprint density at radius 3 is 2.65 bits per heavy atom. The maximum atomic E-state index is 12.9. The summed E-state index contributed by atoms with van der Waals surface area (Å²) in [5.74, 6) is 0.0707. The predicted molar refractivity (Wildman–Crippen MR) is 79.4 cm³/mol. The minimum Gasteiger partial charge on any atom is -0.340 e. The fraction of sp³-hybridized carbons (Fsp3) is 0.733. The van der Waals surface area contributed by atoms with Crippen molar-refractivity contribution in [2.24, 2.45) is 0 Å². The van der Waals surface area contributed by atoms with Gasteiger partial charge in [-0.2, -0.15) is 0 Å². The van der Waals surface area contributed by atoms with Crippen molar-refractivity contribution in [3.63, 3.8) is 0 Å². The van der Waals surface area contributed by atoms with E-state index < -0.39 is 5.54 Å². The zero-order valence-electron chi connectivity index (χ0n) is 12.0. The molecule has 1 saturated carbocycles. The van der Waals surface area contributed by atoms with Crippen LogP contribution in [0.1, 0.15) is 51.9 Å². The van der Waals surface area contributed by atoms with Crippen molar-refractivity contribution >= 4 is 23.4 Å². The van der Waals surface area contributed by atoms with Gasteiger partial charge in [-0.25, -0.2) is 0 Å². The SMILES string of the molecule is CCCC1C(=O)NC2(CCCCC2)C(=O)N1C/C=C/Cl. The molecule has 1 saturated heterocycles. The largest absolute Gasteiger partial charge is 0.340 e. The molecule has 20 heavy (non-hydrogen) atoms. The smallest absolute Gasteiger partial charge is 0.249 e. The van der Waals surface area contributed by atoms with Crippen molar-refractivity contribution in [3.05, 3.63) is 11.6 Å². The lowest BCUT2D eigenvalue weighted by Gasteiger charge is -2.47. The number of carbonyl (C=O) groups excluding carboxylic acids is 2. The van der Waals surface area contributed by atoms with Gasteiger partial charge in [-0.3, -0.25) is 9.59 Å². The van der Waals surface area contributed by atoms with E-state index in [1.165, 1.54) is 5.54 Å². The fourth-order valence-electron chi connectivity index (χ4n) is 3.35. The maximum absolute atomic E-state index is 12.9. The average Bonchev–Trinajstić information content (AvgIpc) is 2.45. The number of piperazine rings is 1. The first-order valence-corrected chi connectivity index (χ1v) is 7.96. The monoisotopic (exact) mass is 298 g/mol. The Kier molecular flexibility index (Phi) is 5.08. The molecule has 1 N–H and O–H groups in total. The molecule has 1 unspecified atom stereocenters. The highest BCUT2D eigenvalue weighted by molar-refractivity contribution is 6.25. The number of nitrogens with one attached hydrogen (secondary N) is 1. The summed E-state index contributed by atoms with van der Waals surface area (Å²) in [6.45, 7) is 2.44. The van der Waals surface area contributed by atoms with E-state index in [1.54, 1.807) is 11.0 Å². The summed E-state index contributed by atoms with van der Waals surface area (Å²) in [4.78, 5) is 27.0. The molecule has 112 valence electrons. The highest BCUT2D eigenvalue weighted by atomic mass is 35.5. The van der Waals surface area contributed by atoms with Crippen LogP contribution in [0, 0.1) is 0 Å². The van der Waals surface area contributed by atoms with E-state index in [9.17, 15) is 9.59 Å². The molecule has 0 bridgehead atoms. The zero-order chi connectivity index (χ0) is 14.6. The van der Waals surface area contributed by atoms with Crippen LogP contribution in [-0.2, 0) is 9.59 Å². The van der Waals surface area contributed by atoms with Gasteiger partial charge in [0, 0.05) is 12.1 Å². The molecule has 2 fully saturated rings. The molecule has 2 amide bonds. The molecule has 1 heterocycles. The van der Waals surface area contributed by atoms with E-state index in [0.717, 1.165) is 38.5 Å². The molecule has 5 heteroatoms. The minimum absolute atomic E-state index is 0.00341. The normalized spacial score (nSPS) is 26.3. The Morgan fingerprint density at radius 1 is 1.35 bits per heavy atom. The fourth-order valence-corrected chi connectivity index (χ4v) is 3.43. The first kappa shape index (κ1) is 15.4. The van der Waals surface area contributed by atoms with Gasteiger partial charge in [0.2, 0.25) is 11.8 Å². The molecule has 1 aliphatic carbocycles. The van der Waals surface area contributed by atoms with Crippen molar-refractivity contribution < 1.29 is 9.59 Å². The van der Waals surface area contributed by atoms with Gasteiger partial charge in [-0.15, -0.1) is 0 Å². The number of hydrogen-bond acceptors (Lipinski definition) is 2. The van der Waals surface area contributed by atoms with Gasteiger partial charge in [-0.05, 0) is 19.3 Å². The molecule has 1 spiro atoms. The lowest BCUT2D eigenvalue weighted by Crippen LogP contribution is -2.70.